The first-order chi connectivity index (χ1) is 20.4. The molecule has 0 saturated carbocycles. The Balaban J connectivity index is 1.27. The molecule has 43 heavy (non-hydrogen) atoms. The van der Waals surface area contributed by atoms with Crippen LogP contribution in [0.15, 0.2) is 59.5 Å². The number of carboxylic acids is 1. The summed E-state index contributed by atoms with van der Waals surface area (Å²) in [5.74, 6) is -1.27. The number of rotatable bonds is 11. The summed E-state index contributed by atoms with van der Waals surface area (Å²) in [4.78, 5) is 24.4. The fraction of sp³-hybridized carbons (Fsp3) is 0.323. The number of methoxy groups -OCH3 is 1. The van der Waals surface area contributed by atoms with E-state index in [0.717, 1.165) is 22.3 Å². The van der Waals surface area contributed by atoms with Crippen molar-refractivity contribution in [2.45, 2.75) is 50.5 Å². The number of nitrogens with one attached hydrogen (secondary N) is 4. The molecule has 228 valence electrons. The summed E-state index contributed by atoms with van der Waals surface area (Å²) in [6.45, 7) is 5.22. The molecule has 0 saturated heterocycles. The number of carboxylic acid groups (broad SMARTS) is 1. The molecule has 0 spiro atoms. The summed E-state index contributed by atoms with van der Waals surface area (Å²) in [5, 5.41) is 22.7. The van der Waals surface area contributed by atoms with Crippen LogP contribution in [-0.4, -0.2) is 57.8 Å². The van der Waals surface area contributed by atoms with Gasteiger partial charge in [-0.15, -0.1) is 0 Å². The van der Waals surface area contributed by atoms with E-state index in [1.165, 1.54) is 7.11 Å². The van der Waals surface area contributed by atoms with Crippen LogP contribution in [0, 0.1) is 26.2 Å². The number of alkyl carbamates (subject to hydrolysis) is 1. The minimum absolute atomic E-state index is 0.0302. The summed E-state index contributed by atoms with van der Waals surface area (Å²) in [6, 6.07) is 16.2. The van der Waals surface area contributed by atoms with Gasteiger partial charge in [-0.3, -0.25) is 5.41 Å². The van der Waals surface area contributed by atoms with Crippen LogP contribution in [-0.2, 0) is 19.6 Å². The zero-order valence-electron chi connectivity index (χ0n) is 24.5. The van der Waals surface area contributed by atoms with Crippen LogP contribution >= 0.6 is 0 Å². The van der Waals surface area contributed by atoms with Gasteiger partial charge in [0, 0.05) is 12.5 Å². The van der Waals surface area contributed by atoms with Crippen LogP contribution in [0.5, 0.6) is 5.75 Å². The van der Waals surface area contributed by atoms with Gasteiger partial charge in [-0.2, -0.15) is 0 Å². The summed E-state index contributed by atoms with van der Waals surface area (Å²) >= 11 is 0. The summed E-state index contributed by atoms with van der Waals surface area (Å²) in [7, 11) is -2.55. The lowest BCUT2D eigenvalue weighted by atomic mass is 9.98. The van der Waals surface area contributed by atoms with Crippen molar-refractivity contribution in [3.05, 3.63) is 82.4 Å². The first kappa shape index (κ1) is 31.4. The molecule has 4 rings (SSSR count). The monoisotopic (exact) mass is 608 g/mol. The van der Waals surface area contributed by atoms with Gasteiger partial charge in [0.2, 0.25) is 5.96 Å². The third kappa shape index (κ3) is 6.91. The topological polar surface area (TPSA) is 167 Å². The molecule has 1 aliphatic carbocycles. The number of carbonyl (C=O) groups excluding carboxylic acids is 1. The van der Waals surface area contributed by atoms with Crippen molar-refractivity contribution >= 4 is 28.0 Å². The Bertz CT molecular complexity index is 1610. The first-order valence-electron chi connectivity index (χ1n) is 13.8. The molecule has 0 fully saturated rings. The lowest BCUT2D eigenvalue weighted by Gasteiger charge is -2.18. The minimum atomic E-state index is -4.06. The number of sulfonamides is 1. The van der Waals surface area contributed by atoms with Crippen molar-refractivity contribution in [2.24, 2.45) is 0 Å². The normalized spacial score (nSPS) is 12.9. The summed E-state index contributed by atoms with van der Waals surface area (Å²) in [6.07, 6.45) is -0.587. The van der Waals surface area contributed by atoms with E-state index >= 15 is 0 Å². The lowest BCUT2D eigenvalue weighted by Crippen LogP contribution is -2.43. The van der Waals surface area contributed by atoms with Gasteiger partial charge in [0.05, 0.1) is 12.0 Å². The van der Waals surface area contributed by atoms with E-state index in [9.17, 15) is 23.1 Å². The lowest BCUT2D eigenvalue weighted by molar-refractivity contribution is -0.139. The molecule has 5 N–H and O–H groups in total. The third-order valence-electron chi connectivity index (χ3n) is 7.61. The maximum absolute atomic E-state index is 13.0. The van der Waals surface area contributed by atoms with Gasteiger partial charge >= 0.3 is 12.1 Å². The summed E-state index contributed by atoms with van der Waals surface area (Å²) < 4.78 is 39.0. The number of carbonyl (C=O) groups is 2. The average Bonchev–Trinajstić information content (AvgIpc) is 3.28. The molecule has 0 heterocycles. The van der Waals surface area contributed by atoms with Crippen LogP contribution in [0.3, 0.4) is 0 Å². The van der Waals surface area contributed by atoms with Crippen LogP contribution in [0.2, 0.25) is 0 Å². The predicted molar refractivity (Wildman–Crippen MR) is 162 cm³/mol. The molecule has 0 aromatic heterocycles. The Morgan fingerprint density at radius 2 is 1.60 bits per heavy atom. The second-order valence-electron chi connectivity index (χ2n) is 10.4. The Hall–Kier alpha value is -4.58. The standard InChI is InChI=1S/C31H36N4O7S/c1-18-16-27(41-4)19(2)20(3)28(18)43(39,40)35-30(32)33-15-9-14-26(29(36)37)34-31(38)42-17-25-23-12-7-5-10-21(23)22-11-6-8-13-24(22)25/h5-8,10-13,16,25-26H,9,14-15,17H2,1-4H3,(H,34,38)(H,36,37)(H3,32,33,35)/t26-/m0/s1. The van der Waals surface area contributed by atoms with Crippen LogP contribution < -0.4 is 20.1 Å². The predicted octanol–water partition coefficient (Wildman–Crippen LogP) is 4.20. The van der Waals surface area contributed by atoms with Crippen molar-refractivity contribution < 1.29 is 32.6 Å². The number of aliphatic carboxylic acids is 1. The molecule has 12 heteroatoms. The Morgan fingerprint density at radius 1 is 1.00 bits per heavy atom. The Kier molecular flexibility index (Phi) is 9.59. The smallest absolute Gasteiger partial charge is 0.407 e. The van der Waals surface area contributed by atoms with Crippen LogP contribution in [0.4, 0.5) is 4.79 Å². The number of benzene rings is 3. The number of fused-ring (bicyclic) bond motifs is 3. The second-order valence-corrected chi connectivity index (χ2v) is 12.0. The largest absolute Gasteiger partial charge is 0.496 e. The number of guanidine groups is 1. The maximum atomic E-state index is 13.0. The van der Waals surface area contributed by atoms with Crippen molar-refractivity contribution in [1.82, 2.24) is 15.4 Å². The zero-order valence-corrected chi connectivity index (χ0v) is 25.3. The quantitative estimate of drug-likeness (QED) is 0.123. The minimum Gasteiger partial charge on any atom is -0.496 e. The molecule has 11 nitrogen and oxygen atoms in total. The molecular weight excluding hydrogens is 572 g/mol. The van der Waals surface area contributed by atoms with Gasteiger partial charge < -0.3 is 25.2 Å². The molecule has 1 amide bonds. The van der Waals surface area contributed by atoms with E-state index < -0.39 is 34.1 Å². The second kappa shape index (κ2) is 13.2. The van der Waals surface area contributed by atoms with Gasteiger partial charge in [0.15, 0.2) is 0 Å². The van der Waals surface area contributed by atoms with Gasteiger partial charge in [0.25, 0.3) is 10.0 Å². The Morgan fingerprint density at radius 3 is 2.19 bits per heavy atom. The Labute approximate surface area is 251 Å². The van der Waals surface area contributed by atoms with Crippen molar-refractivity contribution in [3.8, 4) is 16.9 Å². The molecule has 3 aromatic carbocycles. The van der Waals surface area contributed by atoms with Gasteiger partial charge in [-0.1, -0.05) is 48.5 Å². The number of hydrogen-bond donors (Lipinski definition) is 5. The van der Waals surface area contributed by atoms with Crippen molar-refractivity contribution in [1.29, 1.82) is 5.41 Å². The first-order valence-corrected chi connectivity index (χ1v) is 15.3. The van der Waals surface area contributed by atoms with Crippen molar-refractivity contribution in [2.75, 3.05) is 20.3 Å². The highest BCUT2D eigenvalue weighted by Crippen LogP contribution is 2.44. The fourth-order valence-electron chi connectivity index (χ4n) is 5.43. The van der Waals surface area contributed by atoms with E-state index in [2.05, 4.69) is 15.4 Å². The van der Waals surface area contributed by atoms with Crippen LogP contribution in [0.1, 0.15) is 46.6 Å². The highest BCUT2D eigenvalue weighted by molar-refractivity contribution is 7.90. The van der Waals surface area contributed by atoms with E-state index in [-0.39, 0.29) is 36.8 Å². The molecular formula is C31H36N4O7S. The number of hydrogen-bond acceptors (Lipinski definition) is 7. The molecule has 0 radical (unpaired) electrons. The van der Waals surface area contributed by atoms with E-state index in [4.69, 9.17) is 14.9 Å². The molecule has 0 aliphatic heterocycles. The van der Waals surface area contributed by atoms with Crippen LogP contribution in [0.25, 0.3) is 11.1 Å². The number of amides is 1. The van der Waals surface area contributed by atoms with E-state index in [0.29, 0.717) is 22.4 Å². The van der Waals surface area contributed by atoms with E-state index in [1.54, 1.807) is 26.8 Å². The molecule has 3 aromatic rings. The fourth-order valence-corrected chi connectivity index (χ4v) is 6.91. The highest BCUT2D eigenvalue weighted by Gasteiger charge is 2.30. The van der Waals surface area contributed by atoms with E-state index in [1.807, 2.05) is 48.5 Å². The zero-order chi connectivity index (χ0) is 31.3. The SMILES string of the molecule is COc1cc(C)c(S(=O)(=O)NC(=N)NCCC[C@H](NC(=O)OCC2c3ccccc3-c3ccccc32)C(=O)O)c(C)c1C. The van der Waals surface area contributed by atoms with Gasteiger partial charge in [-0.05, 0) is 78.6 Å². The van der Waals surface area contributed by atoms with Crippen molar-refractivity contribution in [3.63, 3.8) is 0 Å². The maximum Gasteiger partial charge on any atom is 0.407 e. The molecule has 1 aliphatic rings. The third-order valence-corrected chi connectivity index (χ3v) is 9.25. The number of aryl methyl sites for hydroxylation is 1. The summed E-state index contributed by atoms with van der Waals surface area (Å²) in [5.41, 5.74) is 5.92. The molecule has 0 bridgehead atoms. The van der Waals surface area contributed by atoms with Gasteiger partial charge in [0.1, 0.15) is 18.4 Å². The molecule has 0 unspecified atom stereocenters. The molecule has 1 atom stereocenters. The number of ether oxygens (including phenoxy) is 2. The van der Waals surface area contributed by atoms with Gasteiger partial charge in [-0.25, -0.2) is 22.7 Å². The average molecular weight is 609 g/mol. The highest BCUT2D eigenvalue weighted by atomic mass is 32.2.